The molecule has 0 spiro atoms. The Balaban J connectivity index is 1.71. The van der Waals surface area contributed by atoms with E-state index < -0.39 is 5.92 Å². The van der Waals surface area contributed by atoms with Crippen LogP contribution in [-0.2, 0) is 9.59 Å². The van der Waals surface area contributed by atoms with E-state index in [9.17, 15) is 9.59 Å². The monoisotopic (exact) mass is 342 g/mol. The molecule has 1 aliphatic rings. The standard InChI is InChI=1S/C17H18N4O4/c1-24-16-13(9-18-17(20-16)25-2)19-15(23)11-8-14(22)21(10-11)12-6-4-3-5-7-12/h3-7,9,11H,8,10H2,1-2H3,(H,19,23). The summed E-state index contributed by atoms with van der Waals surface area (Å²) < 4.78 is 10.1. The van der Waals surface area contributed by atoms with Crippen LogP contribution in [0.15, 0.2) is 36.5 Å². The predicted molar refractivity (Wildman–Crippen MR) is 90.7 cm³/mol. The third-order valence-electron chi connectivity index (χ3n) is 3.93. The van der Waals surface area contributed by atoms with Crippen molar-refractivity contribution in [2.24, 2.45) is 5.92 Å². The second-order valence-corrected chi connectivity index (χ2v) is 5.51. The Morgan fingerprint density at radius 3 is 2.68 bits per heavy atom. The van der Waals surface area contributed by atoms with Crippen LogP contribution in [0, 0.1) is 5.92 Å². The van der Waals surface area contributed by atoms with E-state index in [1.165, 1.54) is 20.4 Å². The van der Waals surface area contributed by atoms with Gasteiger partial charge in [0.15, 0.2) is 0 Å². The van der Waals surface area contributed by atoms with Crippen molar-refractivity contribution in [2.75, 3.05) is 31.0 Å². The summed E-state index contributed by atoms with van der Waals surface area (Å²) in [6.45, 7) is 0.327. The van der Waals surface area contributed by atoms with Gasteiger partial charge in [0.05, 0.1) is 26.3 Å². The topological polar surface area (TPSA) is 93.6 Å². The maximum absolute atomic E-state index is 12.5. The van der Waals surface area contributed by atoms with E-state index >= 15 is 0 Å². The number of hydrogen-bond acceptors (Lipinski definition) is 6. The number of ether oxygens (including phenoxy) is 2. The maximum atomic E-state index is 12.5. The molecule has 8 heteroatoms. The normalized spacial score (nSPS) is 16.6. The number of hydrogen-bond donors (Lipinski definition) is 1. The van der Waals surface area contributed by atoms with Crippen LogP contribution >= 0.6 is 0 Å². The number of carbonyl (C=O) groups is 2. The minimum absolute atomic E-state index is 0.0794. The van der Waals surface area contributed by atoms with E-state index in [0.29, 0.717) is 12.2 Å². The zero-order valence-electron chi connectivity index (χ0n) is 13.9. The third kappa shape index (κ3) is 3.52. The molecule has 1 aliphatic heterocycles. The molecule has 0 bridgehead atoms. The molecule has 0 saturated carbocycles. The Morgan fingerprint density at radius 2 is 2.00 bits per heavy atom. The highest BCUT2D eigenvalue weighted by Gasteiger charge is 2.35. The Hall–Kier alpha value is -3.16. The van der Waals surface area contributed by atoms with Gasteiger partial charge in [-0.2, -0.15) is 4.98 Å². The number of anilines is 2. The molecule has 2 heterocycles. The Morgan fingerprint density at radius 1 is 1.24 bits per heavy atom. The third-order valence-corrected chi connectivity index (χ3v) is 3.93. The van der Waals surface area contributed by atoms with Crippen LogP contribution in [0.1, 0.15) is 6.42 Å². The highest BCUT2D eigenvalue weighted by molar-refractivity contribution is 6.03. The first-order valence-electron chi connectivity index (χ1n) is 7.73. The largest absolute Gasteiger partial charge is 0.479 e. The second-order valence-electron chi connectivity index (χ2n) is 5.51. The van der Waals surface area contributed by atoms with E-state index in [0.717, 1.165) is 5.69 Å². The van der Waals surface area contributed by atoms with E-state index in [4.69, 9.17) is 9.47 Å². The summed E-state index contributed by atoms with van der Waals surface area (Å²) in [7, 11) is 2.88. The molecule has 1 fully saturated rings. The van der Waals surface area contributed by atoms with Gasteiger partial charge < -0.3 is 19.7 Å². The number of benzene rings is 1. The van der Waals surface area contributed by atoms with Gasteiger partial charge in [-0.3, -0.25) is 9.59 Å². The molecule has 3 rings (SSSR count). The van der Waals surface area contributed by atoms with E-state index in [1.807, 2.05) is 30.3 Å². The highest BCUT2D eigenvalue weighted by Crippen LogP contribution is 2.28. The van der Waals surface area contributed by atoms with Gasteiger partial charge in [-0.25, -0.2) is 4.98 Å². The lowest BCUT2D eigenvalue weighted by Gasteiger charge is -2.16. The zero-order chi connectivity index (χ0) is 17.8. The van der Waals surface area contributed by atoms with E-state index in [1.54, 1.807) is 4.90 Å². The van der Waals surface area contributed by atoms with Gasteiger partial charge in [0.1, 0.15) is 5.69 Å². The van der Waals surface area contributed by atoms with Crippen molar-refractivity contribution in [3.63, 3.8) is 0 Å². The summed E-state index contributed by atoms with van der Waals surface area (Å²) in [6, 6.07) is 9.42. The molecular weight excluding hydrogens is 324 g/mol. The molecule has 0 aliphatic carbocycles. The summed E-state index contributed by atoms with van der Waals surface area (Å²) in [5, 5.41) is 2.72. The Kier molecular flexibility index (Phi) is 4.78. The molecule has 1 saturated heterocycles. The van der Waals surface area contributed by atoms with Crippen molar-refractivity contribution in [1.82, 2.24) is 9.97 Å². The SMILES string of the molecule is COc1ncc(NC(=O)C2CC(=O)N(c3ccccc3)C2)c(OC)n1. The second kappa shape index (κ2) is 7.16. The molecule has 1 aromatic heterocycles. The van der Waals surface area contributed by atoms with Gasteiger partial charge in [-0.15, -0.1) is 0 Å². The number of nitrogens with zero attached hydrogens (tertiary/aromatic N) is 3. The van der Waals surface area contributed by atoms with Crippen LogP contribution in [0.25, 0.3) is 0 Å². The fourth-order valence-electron chi connectivity index (χ4n) is 2.67. The number of amides is 2. The molecule has 1 aromatic carbocycles. The quantitative estimate of drug-likeness (QED) is 0.885. The molecule has 0 radical (unpaired) electrons. The zero-order valence-corrected chi connectivity index (χ0v) is 13.9. The van der Waals surface area contributed by atoms with Crippen molar-refractivity contribution in [1.29, 1.82) is 0 Å². The first-order chi connectivity index (χ1) is 12.1. The highest BCUT2D eigenvalue weighted by atomic mass is 16.5. The lowest BCUT2D eigenvalue weighted by Crippen LogP contribution is -2.28. The lowest BCUT2D eigenvalue weighted by atomic mass is 10.1. The molecule has 8 nitrogen and oxygen atoms in total. The van der Waals surface area contributed by atoms with E-state index in [-0.39, 0.29) is 30.1 Å². The number of nitrogens with one attached hydrogen (secondary N) is 1. The maximum Gasteiger partial charge on any atom is 0.319 e. The summed E-state index contributed by atoms with van der Waals surface area (Å²) in [6.07, 6.45) is 1.56. The summed E-state index contributed by atoms with van der Waals surface area (Å²) >= 11 is 0. The van der Waals surface area contributed by atoms with E-state index in [2.05, 4.69) is 15.3 Å². The first kappa shape index (κ1) is 16.7. The fraction of sp³-hybridized carbons (Fsp3) is 0.294. The van der Waals surface area contributed by atoms with Crippen LogP contribution in [-0.4, -0.2) is 42.5 Å². The van der Waals surface area contributed by atoms with Gasteiger partial charge in [-0.1, -0.05) is 18.2 Å². The van der Waals surface area contributed by atoms with Gasteiger partial charge >= 0.3 is 6.01 Å². The number of para-hydroxylation sites is 1. The number of rotatable bonds is 5. The molecular formula is C17H18N4O4. The average molecular weight is 342 g/mol. The van der Waals surface area contributed by atoms with Gasteiger partial charge in [0.2, 0.25) is 17.7 Å². The summed E-state index contributed by atoms with van der Waals surface area (Å²) in [5.41, 5.74) is 1.12. The Bertz CT molecular complexity index is 781. The van der Waals surface area contributed by atoms with Crippen molar-refractivity contribution < 1.29 is 19.1 Å². The molecule has 2 aromatic rings. The average Bonchev–Trinajstić information content (AvgIpc) is 3.04. The van der Waals surface area contributed by atoms with Crippen LogP contribution in [0.2, 0.25) is 0 Å². The lowest BCUT2D eigenvalue weighted by molar-refractivity contribution is -0.122. The minimum atomic E-state index is -0.459. The Labute approximate surface area is 144 Å². The summed E-state index contributed by atoms with van der Waals surface area (Å²) in [4.78, 5) is 34.3. The van der Waals surface area contributed by atoms with Crippen molar-refractivity contribution in [3.8, 4) is 11.9 Å². The van der Waals surface area contributed by atoms with Gasteiger partial charge in [0.25, 0.3) is 0 Å². The predicted octanol–water partition coefficient (Wildman–Crippen LogP) is 1.49. The van der Waals surface area contributed by atoms with Crippen molar-refractivity contribution >= 4 is 23.2 Å². The molecule has 2 amide bonds. The van der Waals surface area contributed by atoms with Crippen LogP contribution < -0.4 is 19.7 Å². The van der Waals surface area contributed by atoms with Crippen LogP contribution in [0.4, 0.5) is 11.4 Å². The van der Waals surface area contributed by atoms with Crippen LogP contribution in [0.5, 0.6) is 11.9 Å². The van der Waals surface area contributed by atoms with Gasteiger partial charge in [0, 0.05) is 18.7 Å². The molecule has 130 valence electrons. The van der Waals surface area contributed by atoms with Crippen molar-refractivity contribution in [3.05, 3.63) is 36.5 Å². The molecule has 25 heavy (non-hydrogen) atoms. The first-order valence-corrected chi connectivity index (χ1v) is 7.73. The number of methoxy groups -OCH3 is 2. The van der Waals surface area contributed by atoms with Crippen LogP contribution in [0.3, 0.4) is 0 Å². The molecule has 1 unspecified atom stereocenters. The van der Waals surface area contributed by atoms with Crippen molar-refractivity contribution in [2.45, 2.75) is 6.42 Å². The molecule has 1 N–H and O–H groups in total. The summed E-state index contributed by atoms with van der Waals surface area (Å²) in [5.74, 6) is -0.618. The smallest absolute Gasteiger partial charge is 0.319 e. The number of aromatic nitrogens is 2. The molecule has 1 atom stereocenters. The number of carbonyl (C=O) groups excluding carboxylic acids is 2. The van der Waals surface area contributed by atoms with Gasteiger partial charge in [-0.05, 0) is 12.1 Å². The fourth-order valence-corrected chi connectivity index (χ4v) is 2.67. The minimum Gasteiger partial charge on any atom is -0.479 e.